The van der Waals surface area contributed by atoms with Gasteiger partial charge in [0.25, 0.3) is 0 Å². The summed E-state index contributed by atoms with van der Waals surface area (Å²) in [6.07, 6.45) is 3.34. The monoisotopic (exact) mass is 265 g/mol. The zero-order chi connectivity index (χ0) is 13.8. The summed E-state index contributed by atoms with van der Waals surface area (Å²) in [5.74, 6) is 0.818. The first-order chi connectivity index (χ1) is 9.88. The molecule has 100 valence electrons. The van der Waals surface area contributed by atoms with Crippen molar-refractivity contribution in [2.75, 3.05) is 11.9 Å². The lowest BCUT2D eigenvalue weighted by Gasteiger charge is -2.08. The molecule has 2 heterocycles. The van der Waals surface area contributed by atoms with E-state index in [9.17, 15) is 0 Å². The van der Waals surface area contributed by atoms with E-state index >= 15 is 0 Å². The van der Waals surface area contributed by atoms with Gasteiger partial charge in [-0.1, -0.05) is 18.2 Å². The normalized spacial score (nSPS) is 10.4. The SMILES string of the molecule is CCNc1cc(-c2ccnn2-c2ccccc2)ncn1. The standard InChI is InChI=1S/C15H15N5/c1-2-16-15-10-13(17-11-18-15)14-8-9-19-20(14)12-6-4-3-5-7-12/h3-11H,2H2,1H3,(H,16,17,18). The lowest BCUT2D eigenvalue weighted by Crippen LogP contribution is -2.02. The van der Waals surface area contributed by atoms with E-state index in [4.69, 9.17) is 0 Å². The van der Waals surface area contributed by atoms with Crippen molar-refractivity contribution in [3.63, 3.8) is 0 Å². The van der Waals surface area contributed by atoms with Gasteiger partial charge in [0.1, 0.15) is 12.1 Å². The Bertz CT molecular complexity index is 690. The minimum atomic E-state index is 0.818. The number of hydrogen-bond acceptors (Lipinski definition) is 4. The second-order valence-electron chi connectivity index (χ2n) is 4.28. The number of rotatable bonds is 4. The molecule has 0 radical (unpaired) electrons. The fraction of sp³-hybridized carbons (Fsp3) is 0.133. The highest BCUT2D eigenvalue weighted by molar-refractivity contribution is 5.60. The van der Waals surface area contributed by atoms with Gasteiger partial charge in [-0.15, -0.1) is 0 Å². The second kappa shape index (κ2) is 5.52. The zero-order valence-corrected chi connectivity index (χ0v) is 11.2. The zero-order valence-electron chi connectivity index (χ0n) is 11.2. The molecule has 0 atom stereocenters. The summed E-state index contributed by atoms with van der Waals surface area (Å²) < 4.78 is 1.87. The van der Waals surface area contributed by atoms with Crippen molar-refractivity contribution in [1.82, 2.24) is 19.7 Å². The van der Waals surface area contributed by atoms with E-state index in [0.29, 0.717) is 0 Å². The summed E-state index contributed by atoms with van der Waals surface area (Å²) in [6.45, 7) is 2.87. The third-order valence-corrected chi connectivity index (χ3v) is 2.93. The molecule has 0 unspecified atom stereocenters. The molecule has 0 fully saturated rings. The summed E-state index contributed by atoms with van der Waals surface area (Å²) in [5, 5.41) is 7.56. The van der Waals surface area contributed by atoms with E-state index in [2.05, 4.69) is 20.4 Å². The Kier molecular flexibility index (Phi) is 3.41. The lowest BCUT2D eigenvalue weighted by atomic mass is 10.2. The van der Waals surface area contributed by atoms with Crippen molar-refractivity contribution >= 4 is 5.82 Å². The molecule has 0 saturated carbocycles. The van der Waals surface area contributed by atoms with Crippen molar-refractivity contribution in [3.05, 3.63) is 55.0 Å². The molecule has 20 heavy (non-hydrogen) atoms. The molecule has 0 aliphatic rings. The van der Waals surface area contributed by atoms with Crippen LogP contribution in [-0.2, 0) is 0 Å². The Morgan fingerprint density at radius 1 is 1.10 bits per heavy atom. The highest BCUT2D eigenvalue weighted by Gasteiger charge is 2.09. The predicted molar refractivity (Wildman–Crippen MR) is 78.8 cm³/mol. The van der Waals surface area contributed by atoms with E-state index in [1.54, 1.807) is 12.5 Å². The Balaban J connectivity index is 2.04. The summed E-state index contributed by atoms with van der Waals surface area (Å²) >= 11 is 0. The van der Waals surface area contributed by atoms with Gasteiger partial charge >= 0.3 is 0 Å². The number of nitrogens with one attached hydrogen (secondary N) is 1. The molecule has 0 aliphatic carbocycles. The third kappa shape index (κ3) is 2.38. The first-order valence-electron chi connectivity index (χ1n) is 6.54. The lowest BCUT2D eigenvalue weighted by molar-refractivity contribution is 0.883. The Morgan fingerprint density at radius 2 is 1.95 bits per heavy atom. The van der Waals surface area contributed by atoms with Crippen LogP contribution >= 0.6 is 0 Å². The Morgan fingerprint density at radius 3 is 2.75 bits per heavy atom. The van der Waals surface area contributed by atoms with Gasteiger partial charge in [-0.3, -0.25) is 0 Å². The molecule has 0 saturated heterocycles. The number of nitrogens with zero attached hydrogens (tertiary/aromatic N) is 4. The minimum absolute atomic E-state index is 0.818. The maximum atomic E-state index is 4.37. The van der Waals surface area contributed by atoms with E-state index in [1.807, 2.05) is 54.1 Å². The van der Waals surface area contributed by atoms with Crippen LogP contribution in [0.5, 0.6) is 0 Å². The summed E-state index contributed by atoms with van der Waals surface area (Å²) in [6, 6.07) is 13.9. The van der Waals surface area contributed by atoms with Crippen LogP contribution in [0.3, 0.4) is 0 Å². The van der Waals surface area contributed by atoms with Crippen LogP contribution < -0.4 is 5.32 Å². The predicted octanol–water partition coefficient (Wildman–Crippen LogP) is 2.76. The average molecular weight is 265 g/mol. The molecule has 5 nitrogen and oxygen atoms in total. The van der Waals surface area contributed by atoms with Crippen molar-refractivity contribution in [3.8, 4) is 17.1 Å². The van der Waals surface area contributed by atoms with Gasteiger partial charge in [-0.25, -0.2) is 14.6 Å². The van der Waals surface area contributed by atoms with Crippen LogP contribution in [-0.4, -0.2) is 26.3 Å². The molecule has 3 aromatic rings. The van der Waals surface area contributed by atoms with Gasteiger partial charge in [0.05, 0.1) is 23.3 Å². The van der Waals surface area contributed by atoms with Gasteiger partial charge in [-0.2, -0.15) is 5.10 Å². The van der Waals surface area contributed by atoms with Crippen molar-refractivity contribution < 1.29 is 0 Å². The summed E-state index contributed by atoms with van der Waals surface area (Å²) in [4.78, 5) is 8.53. The van der Waals surface area contributed by atoms with E-state index < -0.39 is 0 Å². The van der Waals surface area contributed by atoms with Crippen LogP contribution in [0, 0.1) is 0 Å². The van der Waals surface area contributed by atoms with Gasteiger partial charge < -0.3 is 5.32 Å². The molecule has 5 heteroatoms. The maximum Gasteiger partial charge on any atom is 0.130 e. The van der Waals surface area contributed by atoms with Crippen molar-refractivity contribution in [1.29, 1.82) is 0 Å². The quantitative estimate of drug-likeness (QED) is 0.788. The average Bonchev–Trinajstić information content (AvgIpc) is 2.98. The van der Waals surface area contributed by atoms with Gasteiger partial charge in [0, 0.05) is 12.6 Å². The molecular weight excluding hydrogens is 250 g/mol. The number of hydrogen-bond donors (Lipinski definition) is 1. The van der Waals surface area contributed by atoms with Crippen LogP contribution in [0.1, 0.15) is 6.92 Å². The molecule has 2 aromatic heterocycles. The van der Waals surface area contributed by atoms with Gasteiger partial charge in [-0.05, 0) is 25.1 Å². The van der Waals surface area contributed by atoms with E-state index in [1.165, 1.54) is 0 Å². The van der Waals surface area contributed by atoms with Crippen LogP contribution in [0.25, 0.3) is 17.1 Å². The molecule has 0 amide bonds. The van der Waals surface area contributed by atoms with Crippen LogP contribution in [0.4, 0.5) is 5.82 Å². The van der Waals surface area contributed by atoms with E-state index in [-0.39, 0.29) is 0 Å². The molecule has 0 bridgehead atoms. The molecule has 1 aromatic carbocycles. The molecule has 0 aliphatic heterocycles. The Hall–Kier alpha value is -2.69. The first kappa shape index (κ1) is 12.3. The fourth-order valence-corrected chi connectivity index (χ4v) is 2.05. The first-order valence-corrected chi connectivity index (χ1v) is 6.54. The number of benzene rings is 1. The maximum absolute atomic E-state index is 4.37. The number of para-hydroxylation sites is 1. The van der Waals surface area contributed by atoms with Crippen molar-refractivity contribution in [2.24, 2.45) is 0 Å². The smallest absolute Gasteiger partial charge is 0.130 e. The summed E-state index contributed by atoms with van der Waals surface area (Å²) in [7, 11) is 0. The highest BCUT2D eigenvalue weighted by atomic mass is 15.3. The topological polar surface area (TPSA) is 55.6 Å². The molecular formula is C15H15N5. The highest BCUT2D eigenvalue weighted by Crippen LogP contribution is 2.21. The van der Waals surface area contributed by atoms with Crippen molar-refractivity contribution in [2.45, 2.75) is 6.92 Å². The molecule has 3 rings (SSSR count). The van der Waals surface area contributed by atoms with E-state index in [0.717, 1.165) is 29.4 Å². The van der Waals surface area contributed by atoms with Gasteiger partial charge in [0.2, 0.25) is 0 Å². The minimum Gasteiger partial charge on any atom is -0.370 e. The Labute approximate surface area is 117 Å². The third-order valence-electron chi connectivity index (χ3n) is 2.93. The second-order valence-corrected chi connectivity index (χ2v) is 4.28. The molecule has 1 N–H and O–H groups in total. The summed E-state index contributed by atoms with van der Waals surface area (Å²) in [5.41, 5.74) is 2.80. The van der Waals surface area contributed by atoms with Crippen LogP contribution in [0.15, 0.2) is 55.0 Å². The van der Waals surface area contributed by atoms with Crippen LogP contribution in [0.2, 0.25) is 0 Å². The number of aromatic nitrogens is 4. The largest absolute Gasteiger partial charge is 0.370 e. The fourth-order valence-electron chi connectivity index (χ4n) is 2.05. The molecule has 0 spiro atoms. The van der Waals surface area contributed by atoms with Gasteiger partial charge in [0.15, 0.2) is 0 Å². The number of anilines is 1.